The minimum absolute atomic E-state index is 0.0258. The number of nitrogens with zero attached hydrogens (tertiary/aromatic N) is 2. The minimum atomic E-state index is -0.0258. The van der Waals surface area contributed by atoms with E-state index >= 15 is 0 Å². The molecule has 0 fully saturated rings. The molecule has 140 valence electrons. The molecule has 2 aromatic carbocycles. The van der Waals surface area contributed by atoms with Crippen LogP contribution in [0.1, 0.15) is 41.4 Å². The van der Waals surface area contributed by atoms with E-state index in [1.54, 1.807) is 0 Å². The second-order valence-corrected chi connectivity index (χ2v) is 6.76. The van der Waals surface area contributed by atoms with E-state index in [2.05, 4.69) is 41.1 Å². The predicted molar refractivity (Wildman–Crippen MR) is 108 cm³/mol. The lowest BCUT2D eigenvalue weighted by Gasteiger charge is -2.25. The summed E-state index contributed by atoms with van der Waals surface area (Å²) in [5, 5.41) is 3.07. The Morgan fingerprint density at radius 2 is 1.58 bits per heavy atom. The maximum Gasteiger partial charge on any atom is 0.251 e. The summed E-state index contributed by atoms with van der Waals surface area (Å²) in [5.41, 5.74) is 3.15. The lowest BCUT2D eigenvalue weighted by molar-refractivity contribution is 0.0942. The summed E-state index contributed by atoms with van der Waals surface area (Å²) in [5.74, 6) is -0.0258. The number of amides is 1. The van der Waals surface area contributed by atoms with Gasteiger partial charge in [-0.25, -0.2) is 0 Å². The molecule has 0 bridgehead atoms. The van der Waals surface area contributed by atoms with Crippen LogP contribution in [0.25, 0.3) is 0 Å². The maximum absolute atomic E-state index is 12.5. The smallest absolute Gasteiger partial charge is 0.251 e. The highest BCUT2D eigenvalue weighted by Gasteiger charge is 2.15. The molecular formula is C22H31N3O. The molecule has 26 heavy (non-hydrogen) atoms. The molecule has 2 rings (SSSR count). The highest BCUT2D eigenvalue weighted by atomic mass is 16.1. The first-order valence-electron chi connectivity index (χ1n) is 9.36. The third kappa shape index (κ3) is 5.68. The molecule has 0 aliphatic carbocycles. The molecule has 0 radical (unpaired) electrons. The number of carbonyl (C=O) groups excluding carboxylic acids is 1. The Balaban J connectivity index is 1.96. The van der Waals surface area contributed by atoms with Crippen LogP contribution in [-0.4, -0.2) is 49.4 Å². The largest absolute Gasteiger partial charge is 0.350 e. The van der Waals surface area contributed by atoms with Gasteiger partial charge in [0.1, 0.15) is 0 Å². The lowest BCUT2D eigenvalue weighted by atomic mass is 10.1. The monoisotopic (exact) mass is 353 g/mol. The van der Waals surface area contributed by atoms with Crippen molar-refractivity contribution in [2.45, 2.75) is 26.4 Å². The molecule has 1 unspecified atom stereocenters. The van der Waals surface area contributed by atoms with Gasteiger partial charge in [0, 0.05) is 18.7 Å². The van der Waals surface area contributed by atoms with Gasteiger partial charge in [-0.3, -0.25) is 9.69 Å². The zero-order valence-electron chi connectivity index (χ0n) is 16.4. The fraction of sp³-hybridized carbons (Fsp3) is 0.409. The van der Waals surface area contributed by atoms with Gasteiger partial charge < -0.3 is 10.2 Å². The van der Waals surface area contributed by atoms with Gasteiger partial charge in [-0.15, -0.1) is 0 Å². The summed E-state index contributed by atoms with van der Waals surface area (Å²) in [4.78, 5) is 17.0. The molecule has 4 heteroatoms. The zero-order chi connectivity index (χ0) is 18.9. The number of rotatable bonds is 9. The highest BCUT2D eigenvalue weighted by Crippen LogP contribution is 2.17. The molecule has 2 aromatic rings. The van der Waals surface area contributed by atoms with Gasteiger partial charge in [0.15, 0.2) is 0 Å². The molecule has 4 nitrogen and oxygen atoms in total. The maximum atomic E-state index is 12.5. The average molecular weight is 354 g/mol. The lowest BCUT2D eigenvalue weighted by Crippen LogP contribution is -2.34. The van der Waals surface area contributed by atoms with Gasteiger partial charge in [-0.05, 0) is 50.4 Å². The molecule has 1 atom stereocenters. The number of likely N-dealkylation sites (N-methyl/N-ethyl adjacent to an activating group) is 1. The molecule has 0 saturated carbocycles. The Morgan fingerprint density at radius 1 is 0.962 bits per heavy atom. The van der Waals surface area contributed by atoms with E-state index in [1.807, 2.05) is 56.6 Å². The Bertz CT molecular complexity index is 664. The summed E-state index contributed by atoms with van der Waals surface area (Å²) >= 11 is 0. The van der Waals surface area contributed by atoms with Crippen molar-refractivity contribution in [2.75, 3.05) is 33.7 Å². The van der Waals surface area contributed by atoms with Crippen molar-refractivity contribution in [1.29, 1.82) is 0 Å². The van der Waals surface area contributed by atoms with Crippen LogP contribution in [0.15, 0.2) is 54.6 Å². The van der Waals surface area contributed by atoms with Gasteiger partial charge in [-0.1, -0.05) is 56.3 Å². The SMILES string of the molecule is CCN(CC)Cc1ccc(C(=O)NCC(c2ccccc2)N(C)C)cc1. The van der Waals surface area contributed by atoms with Crippen molar-refractivity contribution in [1.82, 2.24) is 15.1 Å². The fourth-order valence-electron chi connectivity index (χ4n) is 3.03. The van der Waals surface area contributed by atoms with Crippen molar-refractivity contribution >= 4 is 5.91 Å². The normalized spacial score (nSPS) is 12.4. The summed E-state index contributed by atoms with van der Waals surface area (Å²) < 4.78 is 0. The van der Waals surface area contributed by atoms with E-state index in [1.165, 1.54) is 11.1 Å². The average Bonchev–Trinajstić information content (AvgIpc) is 2.67. The number of hydrogen-bond donors (Lipinski definition) is 1. The van der Waals surface area contributed by atoms with E-state index in [4.69, 9.17) is 0 Å². The van der Waals surface area contributed by atoms with Crippen LogP contribution in [-0.2, 0) is 6.54 Å². The number of nitrogens with one attached hydrogen (secondary N) is 1. The standard InChI is InChI=1S/C22H31N3O/c1-5-25(6-2)17-18-12-14-20(15-13-18)22(26)23-16-21(24(3)4)19-10-8-7-9-11-19/h7-15,21H,5-6,16-17H2,1-4H3,(H,23,26). The first kappa shape index (κ1) is 20.1. The minimum Gasteiger partial charge on any atom is -0.350 e. The first-order valence-corrected chi connectivity index (χ1v) is 9.36. The number of benzene rings is 2. The van der Waals surface area contributed by atoms with Crippen LogP contribution in [0, 0.1) is 0 Å². The van der Waals surface area contributed by atoms with Crippen molar-refractivity contribution in [3.8, 4) is 0 Å². The van der Waals surface area contributed by atoms with E-state index in [0.29, 0.717) is 12.1 Å². The van der Waals surface area contributed by atoms with Crippen molar-refractivity contribution in [3.05, 3.63) is 71.3 Å². The second kappa shape index (κ2) is 10.1. The molecule has 0 aromatic heterocycles. The third-order valence-electron chi connectivity index (χ3n) is 4.78. The number of carbonyl (C=O) groups is 1. The quantitative estimate of drug-likeness (QED) is 0.749. The van der Waals surface area contributed by atoms with Gasteiger partial charge in [0.05, 0.1) is 6.04 Å². The Kier molecular flexibility index (Phi) is 7.82. The van der Waals surface area contributed by atoms with Crippen LogP contribution >= 0.6 is 0 Å². The molecule has 1 N–H and O–H groups in total. The third-order valence-corrected chi connectivity index (χ3v) is 4.78. The first-order chi connectivity index (χ1) is 12.5. The Hall–Kier alpha value is -2.17. The van der Waals surface area contributed by atoms with Crippen LogP contribution in [0.4, 0.5) is 0 Å². The predicted octanol–water partition coefficient (Wildman–Crippen LogP) is 3.56. The van der Waals surface area contributed by atoms with Crippen LogP contribution in [0.2, 0.25) is 0 Å². The molecule has 0 aliphatic heterocycles. The molecule has 0 heterocycles. The van der Waals surface area contributed by atoms with Gasteiger partial charge in [0.2, 0.25) is 0 Å². The van der Waals surface area contributed by atoms with Crippen molar-refractivity contribution in [2.24, 2.45) is 0 Å². The Labute approximate surface area is 157 Å². The van der Waals surface area contributed by atoms with Crippen LogP contribution in [0.5, 0.6) is 0 Å². The summed E-state index contributed by atoms with van der Waals surface area (Å²) in [6, 6.07) is 18.4. The van der Waals surface area contributed by atoms with Gasteiger partial charge in [-0.2, -0.15) is 0 Å². The van der Waals surface area contributed by atoms with Crippen LogP contribution in [0.3, 0.4) is 0 Å². The molecule has 0 saturated heterocycles. The topological polar surface area (TPSA) is 35.6 Å². The van der Waals surface area contributed by atoms with E-state index in [0.717, 1.165) is 19.6 Å². The van der Waals surface area contributed by atoms with E-state index in [-0.39, 0.29) is 11.9 Å². The van der Waals surface area contributed by atoms with Gasteiger partial charge in [0.25, 0.3) is 5.91 Å². The van der Waals surface area contributed by atoms with Crippen LogP contribution < -0.4 is 5.32 Å². The highest BCUT2D eigenvalue weighted by molar-refractivity contribution is 5.94. The second-order valence-electron chi connectivity index (χ2n) is 6.76. The summed E-state index contributed by atoms with van der Waals surface area (Å²) in [7, 11) is 4.07. The molecule has 1 amide bonds. The summed E-state index contributed by atoms with van der Waals surface area (Å²) in [6.07, 6.45) is 0. The Morgan fingerprint density at radius 3 is 2.12 bits per heavy atom. The van der Waals surface area contributed by atoms with Gasteiger partial charge >= 0.3 is 0 Å². The molecular weight excluding hydrogens is 322 g/mol. The summed E-state index contributed by atoms with van der Waals surface area (Å²) in [6.45, 7) is 7.90. The fourth-order valence-corrected chi connectivity index (χ4v) is 3.03. The molecule has 0 spiro atoms. The molecule has 0 aliphatic rings. The van der Waals surface area contributed by atoms with E-state index in [9.17, 15) is 4.79 Å². The van der Waals surface area contributed by atoms with E-state index < -0.39 is 0 Å². The van der Waals surface area contributed by atoms with Crippen molar-refractivity contribution < 1.29 is 4.79 Å². The zero-order valence-corrected chi connectivity index (χ0v) is 16.4. The van der Waals surface area contributed by atoms with Crippen molar-refractivity contribution in [3.63, 3.8) is 0 Å². The number of hydrogen-bond acceptors (Lipinski definition) is 3.